The molecular weight excluding hydrogens is 1720 g/mol. The molecule has 0 fully saturated rings. The molecular formula is C96H112N20O10S4. The van der Waals surface area contributed by atoms with E-state index in [0.29, 0.717) is 85.0 Å². The zero-order chi connectivity index (χ0) is 93.0. The molecule has 10 aromatic heterocycles. The van der Waals surface area contributed by atoms with Gasteiger partial charge in [0.15, 0.2) is 11.6 Å². The summed E-state index contributed by atoms with van der Waals surface area (Å²) in [6.45, 7) is 28.8. The minimum absolute atomic E-state index is 0.0117. The zero-order valence-electron chi connectivity index (χ0n) is 76.1. The Labute approximate surface area is 772 Å². The Morgan fingerprint density at radius 3 is 1.36 bits per heavy atom. The largest absolute Gasteiger partial charge is 0.477 e. The number of nitrogens with one attached hydrogen (secondary N) is 5. The van der Waals surface area contributed by atoms with E-state index in [9.17, 15) is 28.8 Å². The number of amides is 2. The maximum Gasteiger partial charge on any atom is 0.410 e. The van der Waals surface area contributed by atoms with Crippen LogP contribution in [0.2, 0.25) is 0 Å². The van der Waals surface area contributed by atoms with E-state index in [1.807, 2.05) is 125 Å². The molecule has 4 unspecified atom stereocenters. The molecule has 0 aliphatic carbocycles. The first-order chi connectivity index (χ1) is 61.9. The highest BCUT2D eigenvalue weighted by atomic mass is 32.1. The van der Waals surface area contributed by atoms with Gasteiger partial charge in [0.2, 0.25) is 17.8 Å². The molecule has 0 bridgehead atoms. The molecule has 680 valence electrons. The van der Waals surface area contributed by atoms with Gasteiger partial charge < -0.3 is 61.8 Å². The first kappa shape index (κ1) is 95.0. The Balaban J connectivity index is 0.000000142. The number of carbonyl (C=O) groups is 6. The summed E-state index contributed by atoms with van der Waals surface area (Å²) in [6, 6.07) is 32.7. The van der Waals surface area contributed by atoms with Crippen molar-refractivity contribution in [2.45, 2.75) is 196 Å². The Kier molecular flexibility index (Phi) is 30.6. The van der Waals surface area contributed by atoms with Gasteiger partial charge >= 0.3 is 24.1 Å². The van der Waals surface area contributed by atoms with Crippen LogP contribution in [0.4, 0.5) is 44.5 Å². The summed E-state index contributed by atoms with van der Waals surface area (Å²) in [6.07, 6.45) is 21.3. The minimum Gasteiger partial charge on any atom is -0.477 e. The van der Waals surface area contributed by atoms with Crippen molar-refractivity contribution >= 4 is 116 Å². The van der Waals surface area contributed by atoms with Gasteiger partial charge in [-0.25, -0.2) is 49.1 Å². The van der Waals surface area contributed by atoms with E-state index in [0.717, 1.165) is 137 Å². The van der Waals surface area contributed by atoms with E-state index in [1.54, 1.807) is 95.8 Å². The first-order valence-corrected chi connectivity index (χ1v) is 46.4. The highest BCUT2D eigenvalue weighted by molar-refractivity contribution is 7.15. The fourth-order valence-corrected chi connectivity index (χ4v) is 20.0. The molecule has 34 heteroatoms. The predicted octanol–water partition coefficient (Wildman–Crippen LogP) is 18.7. The highest BCUT2D eigenvalue weighted by Crippen LogP contribution is 2.39. The van der Waals surface area contributed by atoms with Crippen molar-refractivity contribution in [1.82, 2.24) is 79.7 Å². The first-order valence-electron chi connectivity index (χ1n) is 43.2. The van der Waals surface area contributed by atoms with E-state index in [4.69, 9.17) is 25.4 Å². The average Bonchev–Trinajstić information content (AvgIpc) is 1.72. The number of aromatic nitrogens is 12. The molecule has 4 atom stereocenters. The molecule has 13 aromatic rings. The molecule has 0 spiro atoms. The Morgan fingerprint density at radius 2 is 0.915 bits per heavy atom. The molecule has 0 saturated heterocycles. The van der Waals surface area contributed by atoms with E-state index in [1.165, 1.54) is 60.2 Å². The van der Waals surface area contributed by atoms with Gasteiger partial charge in [0.25, 0.3) is 0 Å². The summed E-state index contributed by atoms with van der Waals surface area (Å²) in [4.78, 5) is 109. The number of thiophene rings is 4. The average molecular weight is 1830 g/mol. The van der Waals surface area contributed by atoms with E-state index in [-0.39, 0.29) is 35.8 Å². The van der Waals surface area contributed by atoms with E-state index < -0.39 is 23.1 Å². The molecule has 14 heterocycles. The molecule has 4 aliphatic heterocycles. The molecule has 0 saturated carbocycles. The van der Waals surface area contributed by atoms with Crippen LogP contribution in [0.5, 0.6) is 0 Å². The van der Waals surface area contributed by atoms with Crippen LogP contribution in [0.1, 0.15) is 208 Å². The summed E-state index contributed by atoms with van der Waals surface area (Å²) in [7, 11) is 5.60. The van der Waals surface area contributed by atoms with Gasteiger partial charge in [-0.15, -0.1) is 45.3 Å². The minimum atomic E-state index is -0.916. The maximum absolute atomic E-state index is 12.9. The van der Waals surface area contributed by atoms with Crippen LogP contribution in [0, 0.1) is 20.8 Å². The summed E-state index contributed by atoms with van der Waals surface area (Å²) in [5.74, 6) is 0.240. The lowest BCUT2D eigenvalue weighted by atomic mass is 9.98. The normalized spacial score (nSPS) is 15.5. The lowest BCUT2D eigenvalue weighted by molar-refractivity contribution is 0.0135. The number of anilines is 6. The number of carbonyl (C=O) groups excluding carboxylic acids is 4. The number of Topliss-reactive ketones (excluding diaryl/α,β-unsaturated/α-hetero) is 2. The van der Waals surface area contributed by atoms with Crippen molar-refractivity contribution in [3.8, 4) is 33.8 Å². The van der Waals surface area contributed by atoms with E-state index >= 15 is 0 Å². The number of aromatic carboxylic acids is 2. The maximum atomic E-state index is 12.9. The topological polar surface area (TPSA) is 385 Å². The number of hydrogen-bond acceptors (Lipinski definition) is 27. The summed E-state index contributed by atoms with van der Waals surface area (Å²) in [5, 5.41) is 47.0. The number of nitrogens with two attached hydrogens (primary N) is 1. The van der Waals surface area contributed by atoms with Gasteiger partial charge in [0, 0.05) is 158 Å². The van der Waals surface area contributed by atoms with Crippen LogP contribution in [0.15, 0.2) is 153 Å². The standard InChI is InChI=1S/2C26H28N6OS.C16H18N6.2C14H19NO4S/c1-16-12-19(22-8-10-28-26(31-22)30-20-14-29-32(3)15-20)5-4-18(16)6-7-23(33)25-13-21-17(2)27-11-9-24(21)34-25;1-16-10-19(22-8-9-27-26(31-22)30-21-14-29-32(3)15-21)5-4-18(16)6-7-23(33)25-12-20-13-28-17(2)11-24(20)34-25;1-11-7-12(3-4-13(11)8-17)15-5-6-18-16(21-15)20-14-9-19-22(2)10-14;1-8-5-10-9(6-11(20-10)12(16)17)7-15(8)13(18)19-14(2,3)4;1-8-9-7-11(12(16)17)20-10(9)5-6-15(8)13(18)19-14(2,3)4/h4-5,8,10,12-15,17,27H,6-7,9,11H2,1-3H3,(H,28,30,31);4-5,8-10,12,14-15,17,28H,6-7,11,13H2,1-3H3,(H,27,30,31);3-7,9-10H,8,17H2,1-2H3,(H,18,20,21);6,8H,5,7H2,1-4H3,(H,16,17);7-8H,5-6H2,1-4H3,(H,16,17). The van der Waals surface area contributed by atoms with Gasteiger partial charge in [-0.05, 0) is 238 Å². The summed E-state index contributed by atoms with van der Waals surface area (Å²) < 4.78 is 16.0. The number of hydrogen-bond donors (Lipinski definition) is 8. The second-order valence-electron chi connectivity index (χ2n) is 34.7. The Hall–Kier alpha value is -12.6. The van der Waals surface area contributed by atoms with Gasteiger partial charge in [0.05, 0.1) is 75.1 Å². The zero-order valence-corrected chi connectivity index (χ0v) is 79.3. The smallest absolute Gasteiger partial charge is 0.410 e. The van der Waals surface area contributed by atoms with Crippen molar-refractivity contribution in [2.75, 3.05) is 29.0 Å². The fourth-order valence-electron chi connectivity index (χ4n) is 15.3. The quantitative estimate of drug-likeness (QED) is 0.0329. The van der Waals surface area contributed by atoms with Crippen LogP contribution in [0.3, 0.4) is 0 Å². The van der Waals surface area contributed by atoms with Crippen LogP contribution >= 0.6 is 45.3 Å². The number of benzene rings is 3. The number of carboxylic acids is 2. The third kappa shape index (κ3) is 25.1. The summed E-state index contributed by atoms with van der Waals surface area (Å²) in [5.41, 5.74) is 24.3. The molecule has 130 heavy (non-hydrogen) atoms. The third-order valence-corrected chi connectivity index (χ3v) is 27.1. The van der Waals surface area contributed by atoms with Crippen molar-refractivity contribution in [2.24, 2.45) is 26.9 Å². The van der Waals surface area contributed by atoms with Crippen molar-refractivity contribution in [3.05, 3.63) is 247 Å². The van der Waals surface area contributed by atoms with E-state index in [2.05, 4.69) is 161 Å². The fraction of sp³-hybridized carbons (Fsp3) is 0.365. The molecule has 0 radical (unpaired) electrons. The summed E-state index contributed by atoms with van der Waals surface area (Å²) >= 11 is 5.94. The number of nitrogens with zero attached hydrogens (tertiary/aromatic N) is 14. The van der Waals surface area contributed by atoms with Crippen LogP contribution in [-0.4, -0.2) is 151 Å². The predicted molar refractivity (Wildman–Crippen MR) is 511 cm³/mol. The van der Waals surface area contributed by atoms with Crippen LogP contribution < -0.4 is 32.3 Å². The van der Waals surface area contributed by atoms with Gasteiger partial charge in [-0.3, -0.25) is 23.6 Å². The second kappa shape index (κ2) is 41.9. The van der Waals surface area contributed by atoms with Crippen molar-refractivity contribution < 1.29 is 48.5 Å². The molecule has 30 nitrogen and oxygen atoms in total. The molecule has 17 rings (SSSR count). The lowest BCUT2D eigenvalue weighted by Crippen LogP contribution is -2.44. The van der Waals surface area contributed by atoms with Gasteiger partial charge in [0.1, 0.15) is 21.0 Å². The van der Waals surface area contributed by atoms with Gasteiger partial charge in [-0.2, -0.15) is 15.3 Å². The van der Waals surface area contributed by atoms with Crippen LogP contribution in [-0.2, 0) is 88.8 Å². The monoisotopic (exact) mass is 1830 g/mol. The van der Waals surface area contributed by atoms with Crippen molar-refractivity contribution in [3.63, 3.8) is 0 Å². The number of fused-ring (bicyclic) bond motifs is 4. The number of ether oxygens (including phenoxy) is 2. The number of rotatable bonds is 20. The third-order valence-electron chi connectivity index (χ3n) is 22.2. The van der Waals surface area contributed by atoms with Crippen LogP contribution in [0.25, 0.3) is 33.8 Å². The molecule has 9 N–H and O–H groups in total. The number of carboxylic acid groups (broad SMARTS) is 2. The SMILES string of the molecule is CC1Cc2sc(C(=O)O)cc2CN1C(=O)OC(C)(C)C.CC1c2cc(C(=O)O)sc2CCN1C(=O)OC(C)(C)C.Cc1cc(-c2ccnc(Nc3cnn(C)c3)n2)ccc1CCC(=O)c1cc2c(s1)CC(C)NC2.Cc1cc(-c2ccnc(Nc3cnn(C)c3)n2)ccc1CCC(=O)c1cc2c(s1)CCNC2C.Cc1cc(-c2ccnc(Nc3cnn(C)c3)n2)ccc1CN. The van der Waals surface area contributed by atoms with Gasteiger partial charge in [-0.1, -0.05) is 36.4 Å². The second-order valence-corrected chi connectivity index (χ2v) is 39.3. The molecule has 3 aromatic carbocycles. The molecule has 2 amide bonds. The Morgan fingerprint density at radius 1 is 0.500 bits per heavy atom. The number of aryl methyl sites for hydroxylation is 8. The van der Waals surface area contributed by atoms with Crippen molar-refractivity contribution in [1.29, 1.82) is 0 Å². The Bertz CT molecular complexity index is 6220. The lowest BCUT2D eigenvalue weighted by Gasteiger charge is -2.34. The molecule has 4 aliphatic rings. The number of ketones is 2. The highest BCUT2D eigenvalue weighted by Gasteiger charge is 2.35.